The summed E-state index contributed by atoms with van der Waals surface area (Å²) >= 11 is 0. The van der Waals surface area contributed by atoms with Gasteiger partial charge in [0.15, 0.2) is 0 Å². The van der Waals surface area contributed by atoms with Gasteiger partial charge in [-0.1, -0.05) is 36.9 Å². The molecule has 0 spiro atoms. The lowest BCUT2D eigenvalue weighted by Gasteiger charge is -2.11. The van der Waals surface area contributed by atoms with Crippen molar-refractivity contribution in [3.8, 4) is 0 Å². The second kappa shape index (κ2) is 4.04. The molecule has 0 bridgehead atoms. The Hall–Kier alpha value is -1.12. The minimum Gasteiger partial charge on any atom is -0.329 e. The summed E-state index contributed by atoms with van der Waals surface area (Å²) in [5.74, 6) is 0. The number of hydrogen-bond acceptors (Lipinski definition) is 2. The second-order valence-corrected chi connectivity index (χ2v) is 2.68. The van der Waals surface area contributed by atoms with Crippen molar-refractivity contribution < 1.29 is 0 Å². The Morgan fingerprint density at radius 1 is 1.42 bits per heavy atom. The van der Waals surface area contributed by atoms with E-state index in [0.29, 0.717) is 6.54 Å². The number of rotatable bonds is 3. The van der Waals surface area contributed by atoms with E-state index in [1.807, 2.05) is 24.3 Å². The lowest BCUT2D eigenvalue weighted by atomic mass is 10.0. The first-order valence-electron chi connectivity index (χ1n) is 3.96. The highest BCUT2D eigenvalue weighted by atomic mass is 14.7. The van der Waals surface area contributed by atoms with Crippen molar-refractivity contribution in [3.05, 3.63) is 42.0 Å². The van der Waals surface area contributed by atoms with Gasteiger partial charge >= 0.3 is 0 Å². The van der Waals surface area contributed by atoms with Gasteiger partial charge in [-0.05, 0) is 11.1 Å². The molecule has 1 aromatic rings. The van der Waals surface area contributed by atoms with Crippen molar-refractivity contribution in [2.24, 2.45) is 11.5 Å². The fourth-order valence-electron chi connectivity index (χ4n) is 1.16. The molecule has 0 radical (unpaired) electrons. The van der Waals surface area contributed by atoms with Crippen molar-refractivity contribution >= 4 is 6.08 Å². The van der Waals surface area contributed by atoms with Crippen LogP contribution in [0.3, 0.4) is 0 Å². The van der Waals surface area contributed by atoms with Gasteiger partial charge in [-0.3, -0.25) is 0 Å². The van der Waals surface area contributed by atoms with Gasteiger partial charge < -0.3 is 11.5 Å². The summed E-state index contributed by atoms with van der Waals surface area (Å²) in [5.41, 5.74) is 13.4. The lowest BCUT2D eigenvalue weighted by Crippen LogP contribution is -2.21. The third kappa shape index (κ3) is 1.72. The molecule has 0 amide bonds. The maximum Gasteiger partial charge on any atom is 0.0425 e. The van der Waals surface area contributed by atoms with Gasteiger partial charge in [-0.25, -0.2) is 0 Å². The average Bonchev–Trinajstić information content (AvgIpc) is 2.16. The van der Waals surface area contributed by atoms with E-state index in [-0.39, 0.29) is 6.04 Å². The molecule has 0 aliphatic heterocycles. The van der Waals surface area contributed by atoms with E-state index in [1.165, 1.54) is 0 Å². The van der Waals surface area contributed by atoms with Crippen molar-refractivity contribution in [1.29, 1.82) is 0 Å². The lowest BCUT2D eigenvalue weighted by molar-refractivity contribution is 0.735. The molecular formula is C10H14N2. The molecule has 0 fully saturated rings. The minimum atomic E-state index is -0.0841. The SMILES string of the molecule is C=Cc1ccccc1[C@@H](N)CN. The molecule has 0 aliphatic rings. The van der Waals surface area contributed by atoms with E-state index in [4.69, 9.17) is 11.5 Å². The fourth-order valence-corrected chi connectivity index (χ4v) is 1.16. The van der Waals surface area contributed by atoms with Crippen molar-refractivity contribution in [3.63, 3.8) is 0 Å². The average molecular weight is 162 g/mol. The molecule has 64 valence electrons. The monoisotopic (exact) mass is 162 g/mol. The summed E-state index contributed by atoms with van der Waals surface area (Å²) in [7, 11) is 0. The number of nitrogens with two attached hydrogens (primary N) is 2. The fraction of sp³-hybridized carbons (Fsp3) is 0.200. The molecular weight excluding hydrogens is 148 g/mol. The summed E-state index contributed by atoms with van der Waals surface area (Å²) in [6.07, 6.45) is 1.80. The molecule has 1 rings (SSSR count). The first-order valence-corrected chi connectivity index (χ1v) is 3.96. The minimum absolute atomic E-state index is 0.0841. The molecule has 1 aromatic carbocycles. The van der Waals surface area contributed by atoms with Gasteiger partial charge in [0.1, 0.15) is 0 Å². The smallest absolute Gasteiger partial charge is 0.0425 e. The van der Waals surface area contributed by atoms with Gasteiger partial charge in [-0.15, -0.1) is 0 Å². The molecule has 0 saturated heterocycles. The number of hydrogen-bond donors (Lipinski definition) is 2. The van der Waals surface area contributed by atoms with E-state index in [1.54, 1.807) is 6.08 Å². The van der Waals surface area contributed by atoms with Gasteiger partial charge in [0, 0.05) is 12.6 Å². The zero-order chi connectivity index (χ0) is 8.97. The molecule has 12 heavy (non-hydrogen) atoms. The van der Waals surface area contributed by atoms with Crippen LogP contribution in [0.5, 0.6) is 0 Å². The highest BCUT2D eigenvalue weighted by Crippen LogP contribution is 2.15. The summed E-state index contributed by atoms with van der Waals surface area (Å²) in [6.45, 7) is 4.18. The number of benzene rings is 1. The van der Waals surface area contributed by atoms with Crippen LogP contribution in [-0.4, -0.2) is 6.54 Å². The zero-order valence-corrected chi connectivity index (χ0v) is 7.03. The van der Waals surface area contributed by atoms with Crippen LogP contribution in [0, 0.1) is 0 Å². The summed E-state index contributed by atoms with van der Waals surface area (Å²) in [5, 5.41) is 0. The van der Waals surface area contributed by atoms with E-state index < -0.39 is 0 Å². The zero-order valence-electron chi connectivity index (χ0n) is 7.03. The molecule has 2 nitrogen and oxygen atoms in total. The molecule has 0 unspecified atom stereocenters. The third-order valence-corrected chi connectivity index (χ3v) is 1.87. The first kappa shape index (κ1) is 8.97. The normalized spacial score (nSPS) is 12.5. The Balaban J connectivity index is 3.04. The van der Waals surface area contributed by atoms with Crippen LogP contribution in [0.2, 0.25) is 0 Å². The van der Waals surface area contributed by atoms with Crippen LogP contribution in [0.15, 0.2) is 30.8 Å². The second-order valence-electron chi connectivity index (χ2n) is 2.68. The van der Waals surface area contributed by atoms with Crippen LogP contribution in [0.1, 0.15) is 17.2 Å². The first-order chi connectivity index (χ1) is 5.79. The highest BCUT2D eigenvalue weighted by molar-refractivity contribution is 5.52. The predicted octanol–water partition coefficient (Wildman–Crippen LogP) is 1.29. The molecule has 4 N–H and O–H groups in total. The topological polar surface area (TPSA) is 52.0 Å². The molecule has 2 heteroatoms. The van der Waals surface area contributed by atoms with Crippen molar-refractivity contribution in [1.82, 2.24) is 0 Å². The van der Waals surface area contributed by atoms with Gasteiger partial charge in [0.2, 0.25) is 0 Å². The largest absolute Gasteiger partial charge is 0.329 e. The summed E-state index contributed by atoms with van der Waals surface area (Å²) in [4.78, 5) is 0. The van der Waals surface area contributed by atoms with E-state index in [0.717, 1.165) is 11.1 Å². The third-order valence-electron chi connectivity index (χ3n) is 1.87. The van der Waals surface area contributed by atoms with Crippen molar-refractivity contribution in [2.75, 3.05) is 6.54 Å². The van der Waals surface area contributed by atoms with Crippen LogP contribution >= 0.6 is 0 Å². The van der Waals surface area contributed by atoms with Gasteiger partial charge in [0.05, 0.1) is 0 Å². The molecule has 0 saturated carbocycles. The maximum absolute atomic E-state index is 5.80. The summed E-state index contributed by atoms with van der Waals surface area (Å²) in [6, 6.07) is 7.80. The quantitative estimate of drug-likeness (QED) is 0.703. The molecule has 1 atom stereocenters. The predicted molar refractivity (Wildman–Crippen MR) is 52.5 cm³/mol. The molecule has 0 aliphatic carbocycles. The van der Waals surface area contributed by atoms with Crippen LogP contribution in [-0.2, 0) is 0 Å². The molecule has 0 aromatic heterocycles. The Morgan fingerprint density at radius 3 is 2.67 bits per heavy atom. The van der Waals surface area contributed by atoms with Crippen molar-refractivity contribution in [2.45, 2.75) is 6.04 Å². The van der Waals surface area contributed by atoms with E-state index in [9.17, 15) is 0 Å². The maximum atomic E-state index is 5.80. The van der Waals surface area contributed by atoms with E-state index in [2.05, 4.69) is 6.58 Å². The molecule has 0 heterocycles. The van der Waals surface area contributed by atoms with E-state index >= 15 is 0 Å². The Morgan fingerprint density at radius 2 is 2.08 bits per heavy atom. The Bertz CT molecular complexity index is 268. The Kier molecular flexibility index (Phi) is 3.02. The van der Waals surface area contributed by atoms with Gasteiger partial charge in [0.25, 0.3) is 0 Å². The van der Waals surface area contributed by atoms with Crippen LogP contribution in [0.4, 0.5) is 0 Å². The standard InChI is InChI=1S/C10H14N2/c1-2-8-5-3-4-6-9(8)10(12)7-11/h2-6,10H,1,7,11-12H2/t10-/m0/s1. The summed E-state index contributed by atoms with van der Waals surface area (Å²) < 4.78 is 0. The Labute approximate surface area is 72.9 Å². The van der Waals surface area contributed by atoms with Crippen LogP contribution < -0.4 is 11.5 Å². The van der Waals surface area contributed by atoms with Crippen LogP contribution in [0.25, 0.3) is 6.08 Å². The highest BCUT2D eigenvalue weighted by Gasteiger charge is 2.05. The van der Waals surface area contributed by atoms with Gasteiger partial charge in [-0.2, -0.15) is 0 Å².